The maximum atomic E-state index is 13.7. The van der Waals surface area contributed by atoms with Crippen molar-refractivity contribution >= 4 is 28.5 Å². The van der Waals surface area contributed by atoms with Gasteiger partial charge in [0.1, 0.15) is 6.04 Å². The van der Waals surface area contributed by atoms with Gasteiger partial charge in [0.15, 0.2) is 0 Å². The van der Waals surface area contributed by atoms with Gasteiger partial charge in [0, 0.05) is 42.4 Å². The molecule has 45 heavy (non-hydrogen) atoms. The number of fused-ring (bicyclic) bond motifs is 1. The molecule has 4 aromatic rings. The Hall–Kier alpha value is -4.48. The Morgan fingerprint density at radius 1 is 1.02 bits per heavy atom. The number of carbonyl (C=O) groups excluding carboxylic acids is 2. The van der Waals surface area contributed by atoms with Crippen molar-refractivity contribution in [3.05, 3.63) is 76.8 Å². The molecule has 1 fully saturated rings. The maximum Gasteiger partial charge on any atom is 0.323 e. The van der Waals surface area contributed by atoms with Gasteiger partial charge in [-0.2, -0.15) is 0 Å². The van der Waals surface area contributed by atoms with Crippen LogP contribution >= 0.6 is 0 Å². The number of nitrogens with zero attached hydrogens (tertiary/aromatic N) is 2. The summed E-state index contributed by atoms with van der Waals surface area (Å²) in [5.74, 6) is 0.432. The molecule has 1 saturated carbocycles. The number of imidazole rings is 1. The molecule has 1 aliphatic rings. The molecule has 2 heterocycles. The van der Waals surface area contributed by atoms with Gasteiger partial charge in [0.05, 0.1) is 17.6 Å². The van der Waals surface area contributed by atoms with E-state index in [4.69, 9.17) is 10.5 Å². The summed E-state index contributed by atoms with van der Waals surface area (Å²) in [5, 5.41) is 5.98. The molecular formula is C34H43N7O4. The smallest absolute Gasteiger partial charge is 0.323 e. The Morgan fingerprint density at radius 2 is 1.82 bits per heavy atom. The highest BCUT2D eigenvalue weighted by Crippen LogP contribution is 2.29. The molecule has 0 spiro atoms. The van der Waals surface area contributed by atoms with Crippen molar-refractivity contribution in [2.45, 2.75) is 44.6 Å². The van der Waals surface area contributed by atoms with Crippen LogP contribution in [0.5, 0.6) is 5.88 Å². The van der Waals surface area contributed by atoms with Crippen molar-refractivity contribution < 1.29 is 14.3 Å². The molecule has 0 aliphatic heterocycles. The fourth-order valence-corrected chi connectivity index (χ4v) is 5.81. The SMILES string of the molecule is CN(C)CCCOc1ccc(-c2cccc(C[C@H](NC(=O)C3CCC(CN)CC3)C(=O)Nc3ccc4[nH]c(=O)[nH]c4c3)c2)cn1. The van der Waals surface area contributed by atoms with Crippen molar-refractivity contribution in [1.82, 2.24) is 25.2 Å². The van der Waals surface area contributed by atoms with Crippen LogP contribution in [0.15, 0.2) is 65.6 Å². The van der Waals surface area contributed by atoms with Crippen molar-refractivity contribution in [2.75, 3.05) is 39.1 Å². The highest BCUT2D eigenvalue weighted by Gasteiger charge is 2.29. The fourth-order valence-electron chi connectivity index (χ4n) is 5.81. The normalized spacial score (nSPS) is 17.2. The number of amides is 2. The second kappa shape index (κ2) is 15.0. The van der Waals surface area contributed by atoms with E-state index >= 15 is 0 Å². The van der Waals surface area contributed by atoms with Gasteiger partial charge in [-0.25, -0.2) is 9.78 Å². The zero-order valence-electron chi connectivity index (χ0n) is 26.0. The number of anilines is 1. The first-order valence-electron chi connectivity index (χ1n) is 15.6. The van der Waals surface area contributed by atoms with E-state index in [9.17, 15) is 14.4 Å². The van der Waals surface area contributed by atoms with Crippen LogP contribution in [0, 0.1) is 11.8 Å². The molecule has 238 valence electrons. The predicted octanol–water partition coefficient (Wildman–Crippen LogP) is 3.68. The summed E-state index contributed by atoms with van der Waals surface area (Å²) in [6.07, 6.45) is 6.35. The third-order valence-electron chi connectivity index (χ3n) is 8.40. The number of benzene rings is 2. The molecule has 0 saturated heterocycles. The summed E-state index contributed by atoms with van der Waals surface area (Å²) in [6, 6.07) is 16.1. The number of aromatic nitrogens is 3. The average molecular weight is 614 g/mol. The number of nitrogens with one attached hydrogen (secondary N) is 4. The molecule has 2 aromatic heterocycles. The van der Waals surface area contributed by atoms with E-state index in [1.54, 1.807) is 24.4 Å². The Bertz CT molecular complexity index is 1640. The summed E-state index contributed by atoms with van der Waals surface area (Å²) in [4.78, 5) is 50.8. The lowest BCUT2D eigenvalue weighted by atomic mass is 9.81. The number of nitrogens with two attached hydrogens (primary N) is 1. The van der Waals surface area contributed by atoms with E-state index in [0.29, 0.717) is 48.1 Å². The molecule has 2 aromatic carbocycles. The Balaban J connectivity index is 1.30. The predicted molar refractivity (Wildman–Crippen MR) is 176 cm³/mol. The monoisotopic (exact) mass is 613 g/mol. The zero-order chi connectivity index (χ0) is 31.8. The average Bonchev–Trinajstić information content (AvgIpc) is 3.42. The summed E-state index contributed by atoms with van der Waals surface area (Å²) >= 11 is 0. The molecule has 0 radical (unpaired) electrons. The van der Waals surface area contributed by atoms with Crippen molar-refractivity contribution in [1.29, 1.82) is 0 Å². The second-order valence-corrected chi connectivity index (χ2v) is 12.1. The Morgan fingerprint density at radius 3 is 2.56 bits per heavy atom. The number of ether oxygens (including phenoxy) is 1. The van der Waals surface area contributed by atoms with Crippen LogP contribution in [-0.4, -0.2) is 71.5 Å². The molecule has 0 unspecified atom stereocenters. The van der Waals surface area contributed by atoms with Crippen LogP contribution in [0.2, 0.25) is 0 Å². The molecule has 5 rings (SSSR count). The summed E-state index contributed by atoms with van der Waals surface area (Å²) in [5.41, 5.74) is 10.1. The quantitative estimate of drug-likeness (QED) is 0.144. The van der Waals surface area contributed by atoms with E-state index in [-0.39, 0.29) is 23.4 Å². The van der Waals surface area contributed by atoms with Gasteiger partial charge >= 0.3 is 5.69 Å². The number of rotatable bonds is 13. The summed E-state index contributed by atoms with van der Waals surface area (Å²) in [7, 11) is 4.07. The molecule has 1 atom stereocenters. The summed E-state index contributed by atoms with van der Waals surface area (Å²) in [6.45, 7) is 2.18. The van der Waals surface area contributed by atoms with E-state index in [2.05, 4.69) is 30.5 Å². The molecule has 11 heteroatoms. The van der Waals surface area contributed by atoms with Crippen LogP contribution in [-0.2, 0) is 16.0 Å². The van der Waals surface area contributed by atoms with Gasteiger partial charge in [-0.3, -0.25) is 9.59 Å². The van der Waals surface area contributed by atoms with Crippen LogP contribution in [0.25, 0.3) is 22.2 Å². The molecular weight excluding hydrogens is 570 g/mol. The molecule has 0 bridgehead atoms. The van der Waals surface area contributed by atoms with Crippen LogP contribution in [0.4, 0.5) is 5.69 Å². The number of hydrogen-bond donors (Lipinski definition) is 5. The van der Waals surface area contributed by atoms with Crippen molar-refractivity contribution in [2.24, 2.45) is 17.6 Å². The number of carbonyl (C=O) groups is 2. The van der Waals surface area contributed by atoms with Gasteiger partial charge in [-0.1, -0.05) is 24.3 Å². The third kappa shape index (κ3) is 8.80. The van der Waals surface area contributed by atoms with E-state index in [1.165, 1.54) is 0 Å². The minimum absolute atomic E-state index is 0.113. The van der Waals surface area contributed by atoms with Crippen LogP contribution in [0.3, 0.4) is 0 Å². The van der Waals surface area contributed by atoms with E-state index < -0.39 is 6.04 Å². The minimum Gasteiger partial charge on any atom is -0.478 e. The third-order valence-corrected chi connectivity index (χ3v) is 8.40. The minimum atomic E-state index is -0.808. The van der Waals surface area contributed by atoms with Gasteiger partial charge in [0.25, 0.3) is 0 Å². The standard InChI is InChI=1S/C34H43N7O4/c1-41(2)15-4-16-45-31-14-11-26(21-36-31)25-6-3-5-23(17-25)18-30(38-32(42)24-9-7-22(20-35)8-10-24)33(43)37-27-12-13-28-29(19-27)40-34(44)39-28/h3,5-6,11-14,17,19,21-22,24,30H,4,7-10,15-16,18,20,35H2,1-2H3,(H,37,43)(H,38,42)(H2,39,40,44)/t22?,24?,30-/m0/s1. The molecule has 6 N–H and O–H groups in total. The van der Waals surface area contributed by atoms with Gasteiger partial charge in [-0.15, -0.1) is 0 Å². The number of pyridine rings is 1. The van der Waals surface area contributed by atoms with Crippen molar-refractivity contribution in [3.8, 4) is 17.0 Å². The van der Waals surface area contributed by atoms with Gasteiger partial charge < -0.3 is 36.0 Å². The second-order valence-electron chi connectivity index (χ2n) is 12.1. The number of aromatic amines is 2. The molecule has 11 nitrogen and oxygen atoms in total. The lowest BCUT2D eigenvalue weighted by Crippen LogP contribution is -2.48. The number of H-pyrrole nitrogens is 2. The van der Waals surface area contributed by atoms with Crippen LogP contribution < -0.4 is 26.8 Å². The molecule has 1 aliphatic carbocycles. The van der Waals surface area contributed by atoms with Gasteiger partial charge in [0.2, 0.25) is 17.7 Å². The Labute approximate surface area is 263 Å². The van der Waals surface area contributed by atoms with Crippen molar-refractivity contribution in [3.63, 3.8) is 0 Å². The lowest BCUT2D eigenvalue weighted by Gasteiger charge is -2.28. The van der Waals surface area contributed by atoms with E-state index in [1.807, 2.05) is 50.5 Å². The highest BCUT2D eigenvalue weighted by molar-refractivity contribution is 5.98. The number of hydrogen-bond acceptors (Lipinski definition) is 7. The first kappa shape index (κ1) is 31.9. The first-order chi connectivity index (χ1) is 21.8. The maximum absolute atomic E-state index is 13.7. The fraction of sp³-hybridized carbons (Fsp3) is 0.412. The Kier molecular flexibility index (Phi) is 10.6. The van der Waals surface area contributed by atoms with Crippen LogP contribution in [0.1, 0.15) is 37.7 Å². The topological polar surface area (TPSA) is 158 Å². The van der Waals surface area contributed by atoms with E-state index in [0.717, 1.165) is 55.3 Å². The first-order valence-corrected chi connectivity index (χ1v) is 15.6. The van der Waals surface area contributed by atoms with Gasteiger partial charge in [-0.05, 0) is 94.1 Å². The lowest BCUT2D eigenvalue weighted by molar-refractivity contribution is -0.130. The zero-order valence-corrected chi connectivity index (χ0v) is 26.0. The highest BCUT2D eigenvalue weighted by atomic mass is 16.5. The summed E-state index contributed by atoms with van der Waals surface area (Å²) < 4.78 is 5.78. The molecule has 2 amide bonds. The largest absolute Gasteiger partial charge is 0.478 e.